The first kappa shape index (κ1) is 16.3. The average molecular weight is 370 g/mol. The number of halogens is 2. The lowest BCUT2D eigenvalue weighted by molar-refractivity contribution is 0.0169. The minimum absolute atomic E-state index is 0.0269. The molecule has 2 aromatic rings. The molecule has 0 aliphatic carbocycles. The van der Waals surface area contributed by atoms with Crippen LogP contribution in [0.2, 0.25) is 0 Å². The summed E-state index contributed by atoms with van der Waals surface area (Å²) in [7, 11) is 0. The fourth-order valence-corrected chi connectivity index (χ4v) is 1.98. The predicted molar refractivity (Wildman–Crippen MR) is 82.1 cm³/mol. The molecule has 6 nitrogen and oxygen atoms in total. The summed E-state index contributed by atoms with van der Waals surface area (Å²) in [5, 5.41) is 11.4. The van der Waals surface area contributed by atoms with E-state index >= 15 is 0 Å². The Kier molecular flexibility index (Phi) is 5.82. The van der Waals surface area contributed by atoms with Gasteiger partial charge in [-0.1, -0.05) is 15.9 Å². The fraction of sp³-hybridized carbons (Fsp3) is 0.143. The van der Waals surface area contributed by atoms with Gasteiger partial charge in [-0.05, 0) is 24.3 Å². The molecular formula is C14H13BrFN3O3. The van der Waals surface area contributed by atoms with E-state index in [0.717, 1.165) is 0 Å². The standard InChI is InChI=1S/C14H13BrFN3O3/c15-9-1-2-12(11(16)7-9)18-13-8-17-4-3-10(13)14(21)19-22-6-5-20/h1-4,7-8,18,20H,5-6H2,(H,19,21). The number of hydroxylamine groups is 1. The summed E-state index contributed by atoms with van der Waals surface area (Å²) < 4.78 is 14.5. The van der Waals surface area contributed by atoms with Gasteiger partial charge in [-0.2, -0.15) is 0 Å². The van der Waals surface area contributed by atoms with Crippen molar-refractivity contribution in [3.63, 3.8) is 0 Å². The molecule has 0 saturated heterocycles. The molecule has 0 saturated carbocycles. The zero-order valence-electron chi connectivity index (χ0n) is 11.3. The number of nitrogens with one attached hydrogen (secondary N) is 2. The summed E-state index contributed by atoms with van der Waals surface area (Å²) in [5.41, 5.74) is 2.95. The third-order valence-electron chi connectivity index (χ3n) is 2.62. The Labute approximate surface area is 134 Å². The van der Waals surface area contributed by atoms with E-state index in [1.165, 1.54) is 30.6 Å². The number of aromatic nitrogens is 1. The maximum Gasteiger partial charge on any atom is 0.277 e. The van der Waals surface area contributed by atoms with Crippen LogP contribution in [-0.2, 0) is 4.84 Å². The van der Waals surface area contributed by atoms with Gasteiger partial charge in [-0.15, -0.1) is 0 Å². The van der Waals surface area contributed by atoms with Crippen LogP contribution in [0.5, 0.6) is 0 Å². The van der Waals surface area contributed by atoms with Crippen LogP contribution in [0, 0.1) is 5.82 Å². The van der Waals surface area contributed by atoms with Crippen molar-refractivity contribution in [2.24, 2.45) is 0 Å². The second-order valence-corrected chi connectivity index (χ2v) is 5.09. The minimum atomic E-state index is -0.532. The van der Waals surface area contributed by atoms with E-state index in [2.05, 4.69) is 31.7 Å². The summed E-state index contributed by atoms with van der Waals surface area (Å²) in [6, 6.07) is 5.99. The average Bonchev–Trinajstić information content (AvgIpc) is 2.51. The monoisotopic (exact) mass is 369 g/mol. The van der Waals surface area contributed by atoms with Crippen molar-refractivity contribution in [2.45, 2.75) is 0 Å². The molecule has 8 heteroatoms. The van der Waals surface area contributed by atoms with Gasteiger partial charge in [-0.25, -0.2) is 9.87 Å². The molecule has 1 amide bonds. The lowest BCUT2D eigenvalue weighted by Gasteiger charge is -2.12. The van der Waals surface area contributed by atoms with E-state index in [1.54, 1.807) is 6.07 Å². The molecule has 1 heterocycles. The van der Waals surface area contributed by atoms with Crippen molar-refractivity contribution < 1.29 is 19.1 Å². The molecule has 0 bridgehead atoms. The molecule has 0 radical (unpaired) electrons. The molecule has 0 spiro atoms. The summed E-state index contributed by atoms with van der Waals surface area (Å²) in [4.78, 5) is 20.7. The molecule has 3 N–H and O–H groups in total. The highest BCUT2D eigenvalue weighted by Gasteiger charge is 2.13. The van der Waals surface area contributed by atoms with E-state index < -0.39 is 11.7 Å². The summed E-state index contributed by atoms with van der Waals surface area (Å²) in [5.74, 6) is -1.00. The predicted octanol–water partition coefficient (Wildman–Crippen LogP) is 2.38. The normalized spacial score (nSPS) is 10.3. The number of anilines is 2. The summed E-state index contributed by atoms with van der Waals surface area (Å²) in [6.45, 7) is -0.243. The van der Waals surface area contributed by atoms with E-state index in [9.17, 15) is 9.18 Å². The lowest BCUT2D eigenvalue weighted by Crippen LogP contribution is -2.25. The summed E-state index contributed by atoms with van der Waals surface area (Å²) >= 11 is 3.17. The van der Waals surface area contributed by atoms with Gasteiger partial charge in [0.25, 0.3) is 5.91 Å². The number of aliphatic hydroxyl groups excluding tert-OH is 1. The molecule has 2 rings (SSSR count). The van der Waals surface area contributed by atoms with Crippen LogP contribution in [0.25, 0.3) is 0 Å². The molecule has 0 aliphatic rings. The molecule has 0 unspecified atom stereocenters. The number of pyridine rings is 1. The van der Waals surface area contributed by atoms with Crippen LogP contribution in [0.1, 0.15) is 10.4 Å². The van der Waals surface area contributed by atoms with E-state index in [0.29, 0.717) is 10.2 Å². The van der Waals surface area contributed by atoms with Crippen LogP contribution in [0.3, 0.4) is 0 Å². The SMILES string of the molecule is O=C(NOCCO)c1ccncc1Nc1ccc(Br)cc1F. The molecule has 1 aromatic heterocycles. The number of carbonyl (C=O) groups excluding carboxylic acids is 1. The molecule has 0 atom stereocenters. The number of benzene rings is 1. The van der Waals surface area contributed by atoms with Crippen LogP contribution in [0.4, 0.5) is 15.8 Å². The van der Waals surface area contributed by atoms with Crippen molar-refractivity contribution in [3.05, 3.63) is 52.5 Å². The van der Waals surface area contributed by atoms with Gasteiger partial charge in [0.2, 0.25) is 0 Å². The molecule has 1 aromatic carbocycles. The molecule has 0 aliphatic heterocycles. The Morgan fingerprint density at radius 3 is 2.91 bits per heavy atom. The van der Waals surface area contributed by atoms with Gasteiger partial charge in [0.1, 0.15) is 5.82 Å². The van der Waals surface area contributed by atoms with Crippen LogP contribution in [-0.4, -0.2) is 29.2 Å². The lowest BCUT2D eigenvalue weighted by atomic mass is 10.2. The number of carbonyl (C=O) groups is 1. The zero-order chi connectivity index (χ0) is 15.9. The fourth-order valence-electron chi connectivity index (χ4n) is 1.65. The van der Waals surface area contributed by atoms with E-state index in [1.807, 2.05) is 0 Å². The van der Waals surface area contributed by atoms with E-state index in [-0.39, 0.29) is 24.5 Å². The number of rotatable bonds is 6. The van der Waals surface area contributed by atoms with Crippen molar-refractivity contribution in [3.8, 4) is 0 Å². The Bertz CT molecular complexity index is 670. The van der Waals surface area contributed by atoms with Gasteiger partial charge in [0.05, 0.1) is 36.3 Å². The Morgan fingerprint density at radius 2 is 2.18 bits per heavy atom. The number of aliphatic hydroxyl groups is 1. The topological polar surface area (TPSA) is 83.5 Å². The Morgan fingerprint density at radius 1 is 1.36 bits per heavy atom. The van der Waals surface area contributed by atoms with Crippen LogP contribution >= 0.6 is 15.9 Å². The third-order valence-corrected chi connectivity index (χ3v) is 3.12. The van der Waals surface area contributed by atoms with Gasteiger partial charge in [0.15, 0.2) is 0 Å². The second kappa shape index (κ2) is 7.83. The number of hydrogen-bond donors (Lipinski definition) is 3. The second-order valence-electron chi connectivity index (χ2n) is 4.17. The summed E-state index contributed by atoms with van der Waals surface area (Å²) in [6.07, 6.45) is 2.84. The zero-order valence-corrected chi connectivity index (χ0v) is 12.9. The smallest absolute Gasteiger partial charge is 0.277 e. The largest absolute Gasteiger partial charge is 0.394 e. The van der Waals surface area contributed by atoms with Crippen molar-refractivity contribution in [2.75, 3.05) is 18.5 Å². The maximum absolute atomic E-state index is 13.9. The maximum atomic E-state index is 13.9. The third kappa shape index (κ3) is 4.23. The highest BCUT2D eigenvalue weighted by Crippen LogP contribution is 2.24. The van der Waals surface area contributed by atoms with Crippen LogP contribution in [0.15, 0.2) is 41.1 Å². The molecule has 0 fully saturated rings. The van der Waals surface area contributed by atoms with Gasteiger partial charge in [0, 0.05) is 10.7 Å². The van der Waals surface area contributed by atoms with E-state index in [4.69, 9.17) is 9.94 Å². The van der Waals surface area contributed by atoms with Gasteiger partial charge in [-0.3, -0.25) is 14.6 Å². The first-order chi connectivity index (χ1) is 10.6. The highest BCUT2D eigenvalue weighted by atomic mass is 79.9. The first-order valence-corrected chi connectivity index (χ1v) is 7.10. The first-order valence-electron chi connectivity index (χ1n) is 6.31. The molecular weight excluding hydrogens is 357 g/mol. The van der Waals surface area contributed by atoms with Crippen molar-refractivity contribution in [1.82, 2.24) is 10.5 Å². The number of hydrogen-bond acceptors (Lipinski definition) is 5. The molecule has 22 heavy (non-hydrogen) atoms. The van der Waals surface area contributed by atoms with Crippen LogP contribution < -0.4 is 10.8 Å². The van der Waals surface area contributed by atoms with Gasteiger partial charge >= 0.3 is 0 Å². The highest BCUT2D eigenvalue weighted by molar-refractivity contribution is 9.10. The van der Waals surface area contributed by atoms with Gasteiger partial charge < -0.3 is 10.4 Å². The number of amides is 1. The Balaban J connectivity index is 2.19. The van der Waals surface area contributed by atoms with Crippen molar-refractivity contribution >= 4 is 33.2 Å². The minimum Gasteiger partial charge on any atom is -0.394 e. The number of nitrogens with zero attached hydrogens (tertiary/aromatic N) is 1. The quantitative estimate of drug-likeness (QED) is 0.537. The van der Waals surface area contributed by atoms with Crippen molar-refractivity contribution in [1.29, 1.82) is 0 Å². The molecule has 116 valence electrons. The Hall–Kier alpha value is -2.03.